The predicted molar refractivity (Wildman–Crippen MR) is 186 cm³/mol. The Kier molecular flexibility index (Phi) is 9.82. The van der Waals surface area contributed by atoms with Crippen molar-refractivity contribution in [2.45, 2.75) is 38.0 Å². The van der Waals surface area contributed by atoms with Gasteiger partial charge in [-0.1, -0.05) is 96.6 Å². The molecule has 1 unspecified atom stereocenters. The summed E-state index contributed by atoms with van der Waals surface area (Å²) in [6.07, 6.45) is 6.96. The van der Waals surface area contributed by atoms with Gasteiger partial charge in [0, 0.05) is 40.6 Å². The van der Waals surface area contributed by atoms with Crippen LogP contribution in [0.4, 0.5) is 17.1 Å². The van der Waals surface area contributed by atoms with Gasteiger partial charge in [-0.05, 0) is 60.0 Å². The first-order valence-electron chi connectivity index (χ1n) is 15.8. The van der Waals surface area contributed by atoms with E-state index in [1.54, 1.807) is 32.7 Å². The molecule has 0 fully saturated rings. The van der Waals surface area contributed by atoms with Gasteiger partial charge in [-0.3, -0.25) is 19.2 Å². The van der Waals surface area contributed by atoms with E-state index in [0.717, 1.165) is 23.2 Å². The highest BCUT2D eigenvalue weighted by atomic mass is 35.5. The minimum Gasteiger partial charge on any atom is -0.395 e. The Morgan fingerprint density at radius 1 is 0.958 bits per heavy atom. The Balaban J connectivity index is 1.15. The number of anilines is 3. The van der Waals surface area contributed by atoms with Crippen molar-refractivity contribution >= 4 is 41.0 Å². The summed E-state index contributed by atoms with van der Waals surface area (Å²) in [5.41, 5.74) is 3.18. The molecule has 0 saturated heterocycles. The highest BCUT2D eigenvalue weighted by Gasteiger charge is 2.52. The monoisotopic (exact) mass is 661 g/mol. The van der Waals surface area contributed by atoms with Crippen molar-refractivity contribution in [2.24, 2.45) is 5.92 Å². The van der Waals surface area contributed by atoms with Crippen molar-refractivity contribution in [1.82, 2.24) is 15.0 Å². The molecular weight excluding hydrogens is 626 g/mol. The van der Waals surface area contributed by atoms with E-state index in [1.807, 2.05) is 110 Å². The van der Waals surface area contributed by atoms with E-state index in [9.17, 15) is 19.8 Å². The third-order valence-corrected chi connectivity index (χ3v) is 9.07. The van der Waals surface area contributed by atoms with Gasteiger partial charge in [0.2, 0.25) is 6.41 Å². The average molecular weight is 662 g/mol. The van der Waals surface area contributed by atoms with E-state index in [1.165, 1.54) is 0 Å². The highest BCUT2D eigenvalue weighted by Crippen LogP contribution is 2.46. The molecule has 1 aromatic heterocycles. The molecule has 48 heavy (non-hydrogen) atoms. The SMILES string of the molecule is C[C@H](/C=C/CCn1cc(C(CO)c2ccccc2)nn1)[C@@]1(O)C(=O)N(Cc2ccc(N(C=O)c3ccccc3)cc2)c2ccc(Cl)cc21. The summed E-state index contributed by atoms with van der Waals surface area (Å²) in [6.45, 7) is 2.50. The average Bonchev–Trinajstić information content (AvgIpc) is 3.66. The number of fused-ring (bicyclic) bond motifs is 1. The lowest BCUT2D eigenvalue weighted by atomic mass is 9.83. The van der Waals surface area contributed by atoms with Gasteiger partial charge in [-0.2, -0.15) is 0 Å². The first-order valence-corrected chi connectivity index (χ1v) is 16.2. The van der Waals surface area contributed by atoms with Crippen LogP contribution in [-0.4, -0.2) is 44.1 Å². The van der Waals surface area contributed by atoms with Gasteiger partial charge in [-0.15, -0.1) is 5.10 Å². The number of rotatable bonds is 13. The molecule has 2 N–H and O–H groups in total. The normalized spacial score (nSPS) is 17.0. The number of carbonyl (C=O) groups is 2. The fourth-order valence-corrected chi connectivity index (χ4v) is 6.34. The maximum atomic E-state index is 14.0. The fourth-order valence-electron chi connectivity index (χ4n) is 6.16. The number of para-hydroxylation sites is 1. The summed E-state index contributed by atoms with van der Waals surface area (Å²) in [6, 6.07) is 31.6. The van der Waals surface area contributed by atoms with E-state index >= 15 is 0 Å². The molecule has 1 aliphatic heterocycles. The highest BCUT2D eigenvalue weighted by molar-refractivity contribution is 6.31. The second-order valence-electron chi connectivity index (χ2n) is 11.9. The molecule has 0 spiro atoms. The van der Waals surface area contributed by atoms with Crippen LogP contribution >= 0.6 is 11.6 Å². The Labute approximate surface area is 284 Å². The summed E-state index contributed by atoms with van der Waals surface area (Å²) >= 11 is 6.37. The quantitative estimate of drug-likeness (QED) is 0.112. The van der Waals surface area contributed by atoms with Crippen molar-refractivity contribution in [1.29, 1.82) is 0 Å². The van der Waals surface area contributed by atoms with E-state index in [4.69, 9.17) is 11.6 Å². The number of halogens is 1. The predicted octanol–water partition coefficient (Wildman–Crippen LogP) is 6.37. The number of aliphatic hydroxyl groups excluding tert-OH is 1. The van der Waals surface area contributed by atoms with Crippen molar-refractivity contribution in [3.63, 3.8) is 0 Å². The van der Waals surface area contributed by atoms with Crippen molar-refractivity contribution < 1.29 is 19.8 Å². The third kappa shape index (κ3) is 6.53. The Hall–Kier alpha value is -5.09. The minimum absolute atomic E-state index is 0.0758. The van der Waals surface area contributed by atoms with Crippen LogP contribution in [0.2, 0.25) is 5.02 Å². The Morgan fingerprint density at radius 3 is 2.33 bits per heavy atom. The minimum atomic E-state index is -1.82. The number of hydrogen-bond donors (Lipinski definition) is 2. The molecule has 0 radical (unpaired) electrons. The van der Waals surface area contributed by atoms with Crippen molar-refractivity contribution in [3.05, 3.63) is 149 Å². The van der Waals surface area contributed by atoms with Gasteiger partial charge < -0.3 is 15.1 Å². The smallest absolute Gasteiger partial charge is 0.264 e. The van der Waals surface area contributed by atoms with Crippen molar-refractivity contribution in [2.75, 3.05) is 16.4 Å². The summed E-state index contributed by atoms with van der Waals surface area (Å²) < 4.78 is 1.72. The molecule has 10 heteroatoms. The first kappa shape index (κ1) is 32.8. The summed E-state index contributed by atoms with van der Waals surface area (Å²) in [7, 11) is 0. The maximum Gasteiger partial charge on any atom is 0.264 e. The standard InChI is InChI=1S/C38H36ClN5O4/c1-27(10-8-9-21-42-24-35(40-41-42)33(25-45)29-11-4-2-5-12-29)38(48)34-22-30(39)17-20-36(34)43(37(38)47)23-28-15-18-32(19-16-28)44(26-46)31-13-6-3-7-14-31/h2-8,10-20,22,24,26-27,33,45,48H,9,21,23,25H2,1H3/b10-8+/t27-,33?,38+/m1/s1. The van der Waals surface area contributed by atoms with Gasteiger partial charge in [0.15, 0.2) is 5.60 Å². The van der Waals surface area contributed by atoms with Crippen LogP contribution in [0.15, 0.2) is 121 Å². The van der Waals surface area contributed by atoms with Gasteiger partial charge in [-0.25, -0.2) is 0 Å². The fraction of sp³-hybridized carbons (Fsp3) is 0.211. The first-order chi connectivity index (χ1) is 23.3. The largest absolute Gasteiger partial charge is 0.395 e. The number of carbonyl (C=O) groups excluding carboxylic acids is 2. The topological polar surface area (TPSA) is 112 Å². The second-order valence-corrected chi connectivity index (χ2v) is 12.3. The number of aliphatic hydroxyl groups is 2. The lowest BCUT2D eigenvalue weighted by molar-refractivity contribution is -0.139. The number of allylic oxidation sites excluding steroid dienone is 1. The van der Waals surface area contributed by atoms with E-state index in [0.29, 0.717) is 40.6 Å². The van der Waals surface area contributed by atoms with Crippen LogP contribution in [-0.2, 0) is 28.3 Å². The van der Waals surface area contributed by atoms with Gasteiger partial charge in [0.05, 0.1) is 30.5 Å². The number of nitrogens with zero attached hydrogens (tertiary/aromatic N) is 5. The number of benzene rings is 4. The zero-order valence-electron chi connectivity index (χ0n) is 26.4. The number of amides is 2. The molecule has 9 nitrogen and oxygen atoms in total. The van der Waals surface area contributed by atoms with Crippen LogP contribution in [0, 0.1) is 5.92 Å². The molecule has 5 aromatic rings. The molecule has 2 heterocycles. The number of aryl methyl sites for hydroxylation is 1. The molecule has 0 aliphatic carbocycles. The van der Waals surface area contributed by atoms with E-state index in [-0.39, 0.29) is 19.1 Å². The lowest BCUT2D eigenvalue weighted by Crippen LogP contribution is -2.44. The molecule has 2 amide bonds. The summed E-state index contributed by atoms with van der Waals surface area (Å²) in [5, 5.41) is 31.0. The molecule has 244 valence electrons. The number of hydrogen-bond acceptors (Lipinski definition) is 6. The summed E-state index contributed by atoms with van der Waals surface area (Å²) in [4.78, 5) is 29.0. The molecule has 0 saturated carbocycles. The van der Waals surface area contributed by atoms with Crippen LogP contribution in [0.5, 0.6) is 0 Å². The van der Waals surface area contributed by atoms with Crippen LogP contribution in [0.25, 0.3) is 0 Å². The molecule has 4 aromatic carbocycles. The third-order valence-electron chi connectivity index (χ3n) is 8.83. The van der Waals surface area contributed by atoms with Crippen LogP contribution in [0.3, 0.4) is 0 Å². The molecule has 1 aliphatic rings. The van der Waals surface area contributed by atoms with E-state index < -0.39 is 17.4 Å². The zero-order chi connectivity index (χ0) is 33.7. The lowest BCUT2D eigenvalue weighted by Gasteiger charge is -2.28. The Bertz CT molecular complexity index is 1900. The van der Waals surface area contributed by atoms with Crippen LogP contribution in [0.1, 0.15) is 41.6 Å². The molecule has 3 atom stereocenters. The second kappa shape index (κ2) is 14.4. The number of aromatic nitrogens is 3. The van der Waals surface area contributed by atoms with Crippen molar-refractivity contribution in [3.8, 4) is 0 Å². The summed E-state index contributed by atoms with van der Waals surface area (Å²) in [5.74, 6) is -1.26. The zero-order valence-corrected chi connectivity index (χ0v) is 27.2. The van der Waals surface area contributed by atoms with Crippen LogP contribution < -0.4 is 9.80 Å². The molecular formula is C38H36ClN5O4. The van der Waals surface area contributed by atoms with E-state index in [2.05, 4.69) is 10.3 Å². The van der Waals surface area contributed by atoms with Gasteiger partial charge >= 0.3 is 0 Å². The van der Waals surface area contributed by atoms with Gasteiger partial charge in [0.1, 0.15) is 0 Å². The van der Waals surface area contributed by atoms with Gasteiger partial charge in [0.25, 0.3) is 5.91 Å². The molecule has 6 rings (SSSR count). The Morgan fingerprint density at radius 2 is 1.65 bits per heavy atom. The molecule has 0 bridgehead atoms. The maximum absolute atomic E-state index is 14.0.